The predicted octanol–water partition coefficient (Wildman–Crippen LogP) is 3.97. The number of carbonyl (C=O) groups is 1. The zero-order valence-electron chi connectivity index (χ0n) is 21.0. The molecule has 3 aromatic carbocycles. The zero-order valence-corrected chi connectivity index (χ0v) is 21.8. The molecule has 0 bridgehead atoms. The van der Waals surface area contributed by atoms with Crippen LogP contribution in [0, 0.1) is 0 Å². The molecule has 0 amide bonds. The lowest BCUT2D eigenvalue weighted by molar-refractivity contribution is -0.139. The van der Waals surface area contributed by atoms with Crippen molar-refractivity contribution in [2.75, 3.05) is 20.8 Å². The van der Waals surface area contributed by atoms with E-state index in [0.29, 0.717) is 37.7 Å². The summed E-state index contributed by atoms with van der Waals surface area (Å²) in [4.78, 5) is 32.3. The van der Waals surface area contributed by atoms with Crippen LogP contribution in [0.15, 0.2) is 81.7 Å². The lowest BCUT2D eigenvalue weighted by Crippen LogP contribution is -2.40. The summed E-state index contributed by atoms with van der Waals surface area (Å²) in [6.45, 7) is 3.72. The first-order valence-corrected chi connectivity index (χ1v) is 12.7. The van der Waals surface area contributed by atoms with Gasteiger partial charge in [0, 0.05) is 11.1 Å². The van der Waals surface area contributed by atoms with Gasteiger partial charge in [-0.05, 0) is 42.8 Å². The van der Waals surface area contributed by atoms with Gasteiger partial charge in [0.25, 0.3) is 5.56 Å². The lowest BCUT2D eigenvalue weighted by atomic mass is 9.95. The number of hydrogen-bond donors (Lipinski definition) is 0. The van der Waals surface area contributed by atoms with Crippen molar-refractivity contribution >= 4 is 34.2 Å². The van der Waals surface area contributed by atoms with Crippen LogP contribution in [0.3, 0.4) is 0 Å². The molecular weight excluding hydrogens is 488 g/mol. The number of esters is 1. The van der Waals surface area contributed by atoms with Crippen LogP contribution in [-0.2, 0) is 9.53 Å². The Morgan fingerprint density at radius 2 is 1.76 bits per heavy atom. The molecule has 0 spiro atoms. The van der Waals surface area contributed by atoms with Gasteiger partial charge in [0.05, 0.1) is 36.6 Å². The Balaban J connectivity index is 1.81. The van der Waals surface area contributed by atoms with Crippen LogP contribution in [0.25, 0.3) is 16.8 Å². The van der Waals surface area contributed by atoms with Gasteiger partial charge in [-0.2, -0.15) is 0 Å². The van der Waals surface area contributed by atoms with Gasteiger partial charge in [-0.3, -0.25) is 9.36 Å². The SMILES string of the molecule is CCOC(=O)C1=C(C)N=c2s/c(=C/c3c(OC)ccc4ccccc34)c(=O)n2[C@H]1c1ccccc1OC. The monoisotopic (exact) mass is 514 g/mol. The number of thiazole rings is 1. The molecule has 1 aromatic heterocycles. The zero-order chi connectivity index (χ0) is 26.1. The Morgan fingerprint density at radius 3 is 2.51 bits per heavy atom. The third kappa shape index (κ3) is 4.23. The van der Waals surface area contributed by atoms with Crippen LogP contribution in [0.1, 0.15) is 31.0 Å². The smallest absolute Gasteiger partial charge is 0.338 e. The van der Waals surface area contributed by atoms with Gasteiger partial charge in [-0.25, -0.2) is 9.79 Å². The van der Waals surface area contributed by atoms with E-state index in [1.54, 1.807) is 32.6 Å². The minimum Gasteiger partial charge on any atom is -0.496 e. The Labute approximate surface area is 217 Å². The summed E-state index contributed by atoms with van der Waals surface area (Å²) in [6.07, 6.45) is 1.84. The molecular formula is C29H26N2O5S. The van der Waals surface area contributed by atoms with Crippen LogP contribution in [-0.4, -0.2) is 31.4 Å². The maximum absolute atomic E-state index is 14.0. The molecule has 4 aromatic rings. The lowest BCUT2D eigenvalue weighted by Gasteiger charge is -2.25. The van der Waals surface area contributed by atoms with Crippen molar-refractivity contribution in [1.82, 2.24) is 4.57 Å². The maximum atomic E-state index is 14.0. The van der Waals surface area contributed by atoms with Crippen LogP contribution in [0.5, 0.6) is 11.5 Å². The molecule has 0 saturated heterocycles. The van der Waals surface area contributed by atoms with Crippen molar-refractivity contribution in [1.29, 1.82) is 0 Å². The molecule has 5 rings (SSSR count). The normalized spacial score (nSPS) is 15.4. The first kappa shape index (κ1) is 24.5. The fraction of sp³-hybridized carbons (Fsp3) is 0.207. The summed E-state index contributed by atoms with van der Waals surface area (Å²) in [5.41, 5.74) is 2.04. The second-order valence-electron chi connectivity index (χ2n) is 8.45. The van der Waals surface area contributed by atoms with Crippen molar-refractivity contribution < 1.29 is 19.0 Å². The number of aromatic nitrogens is 1. The topological polar surface area (TPSA) is 79.1 Å². The highest BCUT2D eigenvalue weighted by atomic mass is 32.1. The van der Waals surface area contributed by atoms with Gasteiger partial charge in [0.2, 0.25) is 0 Å². The molecule has 0 saturated carbocycles. The van der Waals surface area contributed by atoms with Crippen molar-refractivity contribution in [3.63, 3.8) is 0 Å². The molecule has 0 aliphatic carbocycles. The van der Waals surface area contributed by atoms with Crippen molar-refractivity contribution in [3.8, 4) is 11.5 Å². The van der Waals surface area contributed by atoms with E-state index in [9.17, 15) is 9.59 Å². The average Bonchev–Trinajstić information content (AvgIpc) is 3.22. The highest BCUT2D eigenvalue weighted by Crippen LogP contribution is 2.35. The van der Waals surface area contributed by atoms with Crippen LogP contribution in [0.4, 0.5) is 0 Å². The standard InChI is InChI=1S/C29H26N2O5S/c1-5-36-28(33)25-17(2)30-29-31(26(25)20-12-8-9-13-22(20)34-3)27(32)24(37-29)16-21-19-11-7-6-10-18(19)14-15-23(21)35-4/h6-16,26H,5H2,1-4H3/b24-16+/t26-/m0/s1. The van der Waals surface area contributed by atoms with E-state index in [1.165, 1.54) is 11.3 Å². The number of methoxy groups -OCH3 is 2. The molecule has 0 fully saturated rings. The van der Waals surface area contributed by atoms with Crippen molar-refractivity contribution in [2.45, 2.75) is 19.9 Å². The Bertz CT molecular complexity index is 1730. The van der Waals surface area contributed by atoms with Crippen LogP contribution >= 0.6 is 11.3 Å². The molecule has 2 heterocycles. The molecule has 188 valence electrons. The third-order valence-electron chi connectivity index (χ3n) is 6.38. The summed E-state index contributed by atoms with van der Waals surface area (Å²) in [7, 11) is 3.18. The summed E-state index contributed by atoms with van der Waals surface area (Å²) in [5.74, 6) is 0.716. The molecule has 0 radical (unpaired) electrons. The largest absolute Gasteiger partial charge is 0.496 e. The minimum atomic E-state index is -0.747. The van der Waals surface area contributed by atoms with Crippen molar-refractivity contribution in [2.24, 2.45) is 4.99 Å². The molecule has 0 unspecified atom stereocenters. The molecule has 8 heteroatoms. The fourth-order valence-electron chi connectivity index (χ4n) is 4.71. The second kappa shape index (κ2) is 10.1. The van der Waals surface area contributed by atoms with E-state index >= 15 is 0 Å². The summed E-state index contributed by atoms with van der Waals surface area (Å²) < 4.78 is 18.7. The van der Waals surface area contributed by atoms with Gasteiger partial charge in [-0.1, -0.05) is 59.9 Å². The summed E-state index contributed by atoms with van der Waals surface area (Å²) in [6, 6.07) is 18.4. The minimum absolute atomic E-state index is 0.208. The van der Waals surface area contributed by atoms with Crippen molar-refractivity contribution in [3.05, 3.63) is 103 Å². The number of nitrogens with zero attached hydrogens (tertiary/aromatic N) is 2. The summed E-state index contributed by atoms with van der Waals surface area (Å²) in [5, 5.41) is 2.01. The van der Waals surface area contributed by atoms with Crippen LogP contribution in [0.2, 0.25) is 0 Å². The fourth-order valence-corrected chi connectivity index (χ4v) is 5.74. The van der Waals surface area contributed by atoms with Gasteiger partial charge in [-0.15, -0.1) is 0 Å². The van der Waals surface area contributed by atoms with E-state index in [1.807, 2.05) is 66.7 Å². The molecule has 1 aliphatic rings. The van der Waals surface area contributed by atoms with E-state index < -0.39 is 12.0 Å². The number of allylic oxidation sites excluding steroid dienone is 1. The summed E-state index contributed by atoms with van der Waals surface area (Å²) >= 11 is 1.27. The first-order valence-electron chi connectivity index (χ1n) is 11.9. The highest BCUT2D eigenvalue weighted by molar-refractivity contribution is 7.07. The molecule has 1 aliphatic heterocycles. The quantitative estimate of drug-likeness (QED) is 0.364. The third-order valence-corrected chi connectivity index (χ3v) is 7.36. The Morgan fingerprint density at radius 1 is 1.03 bits per heavy atom. The molecule has 1 atom stereocenters. The van der Waals surface area contributed by atoms with Gasteiger partial charge in [0.1, 0.15) is 17.5 Å². The van der Waals surface area contributed by atoms with Gasteiger partial charge < -0.3 is 14.2 Å². The number of carbonyl (C=O) groups excluding carboxylic acids is 1. The number of hydrogen-bond acceptors (Lipinski definition) is 7. The molecule has 7 nitrogen and oxygen atoms in total. The molecule has 37 heavy (non-hydrogen) atoms. The number of fused-ring (bicyclic) bond motifs is 2. The number of rotatable bonds is 6. The Hall–Kier alpha value is -4.17. The van der Waals surface area contributed by atoms with Gasteiger partial charge >= 0.3 is 5.97 Å². The van der Waals surface area contributed by atoms with E-state index in [2.05, 4.69) is 4.99 Å². The van der Waals surface area contributed by atoms with Gasteiger partial charge in [0.15, 0.2) is 4.80 Å². The Kier molecular flexibility index (Phi) is 6.67. The number of ether oxygens (including phenoxy) is 3. The first-order chi connectivity index (χ1) is 18.0. The van der Waals surface area contributed by atoms with Crippen LogP contribution < -0.4 is 24.4 Å². The maximum Gasteiger partial charge on any atom is 0.338 e. The van der Waals surface area contributed by atoms with E-state index in [-0.39, 0.29) is 12.2 Å². The number of para-hydroxylation sites is 1. The van der Waals surface area contributed by atoms with E-state index in [0.717, 1.165) is 16.3 Å². The highest BCUT2D eigenvalue weighted by Gasteiger charge is 2.35. The number of benzene rings is 3. The second-order valence-corrected chi connectivity index (χ2v) is 9.46. The van der Waals surface area contributed by atoms with E-state index in [4.69, 9.17) is 14.2 Å². The molecule has 0 N–H and O–H groups in total. The average molecular weight is 515 g/mol. The predicted molar refractivity (Wildman–Crippen MR) is 144 cm³/mol.